The molecule has 1 aromatic heterocycles. The van der Waals surface area contributed by atoms with Crippen LogP contribution >= 0.6 is 0 Å². The molecule has 0 radical (unpaired) electrons. The first-order chi connectivity index (χ1) is 10.2. The molecule has 0 aliphatic heterocycles. The summed E-state index contributed by atoms with van der Waals surface area (Å²) in [5.74, 6) is 7.60. The van der Waals surface area contributed by atoms with E-state index in [1.54, 1.807) is 0 Å². The van der Waals surface area contributed by atoms with Crippen molar-refractivity contribution in [3.63, 3.8) is 0 Å². The summed E-state index contributed by atoms with van der Waals surface area (Å²) < 4.78 is 0. The first-order valence-corrected chi connectivity index (χ1v) is 7.60. The van der Waals surface area contributed by atoms with Crippen molar-refractivity contribution in [2.75, 3.05) is 5.43 Å². The van der Waals surface area contributed by atoms with Gasteiger partial charge in [0.15, 0.2) is 5.82 Å². The fourth-order valence-electron chi connectivity index (χ4n) is 3.16. The number of nitrogens with zero attached hydrogens (tertiary/aromatic N) is 2. The van der Waals surface area contributed by atoms with Gasteiger partial charge in [0.2, 0.25) is 0 Å². The Morgan fingerprint density at radius 1 is 1.10 bits per heavy atom. The minimum absolute atomic E-state index is 0.546. The lowest BCUT2D eigenvalue weighted by atomic mass is 10.0. The Morgan fingerprint density at radius 2 is 1.86 bits per heavy atom. The van der Waals surface area contributed by atoms with Gasteiger partial charge in [0.1, 0.15) is 5.82 Å². The number of anilines is 1. The van der Waals surface area contributed by atoms with Crippen molar-refractivity contribution in [2.24, 2.45) is 5.84 Å². The van der Waals surface area contributed by atoms with Crippen molar-refractivity contribution in [1.29, 1.82) is 0 Å². The van der Waals surface area contributed by atoms with Gasteiger partial charge in [-0.2, -0.15) is 0 Å². The quantitative estimate of drug-likeness (QED) is 0.665. The highest BCUT2D eigenvalue weighted by Gasteiger charge is 2.20. The number of nitrogens with two attached hydrogens (primary N) is 1. The van der Waals surface area contributed by atoms with E-state index in [-0.39, 0.29) is 0 Å². The molecule has 0 saturated heterocycles. The molecule has 1 aliphatic carbocycles. The van der Waals surface area contributed by atoms with Gasteiger partial charge in [-0.25, -0.2) is 15.8 Å². The van der Waals surface area contributed by atoms with Gasteiger partial charge in [-0.15, -0.1) is 0 Å². The van der Waals surface area contributed by atoms with E-state index in [4.69, 9.17) is 10.8 Å². The van der Waals surface area contributed by atoms with Crippen LogP contribution < -0.4 is 11.3 Å². The number of aromatic nitrogens is 2. The van der Waals surface area contributed by atoms with Crippen molar-refractivity contribution in [1.82, 2.24) is 9.97 Å². The molecular formula is C17H22N4. The standard InChI is InChI=1S/C17H22N4/c1-11-7-8-14(12(2)9-11)17-19-15(10-16(20-17)21-18)13-5-3-4-6-13/h7-10,13H,3-6,18H2,1-2H3,(H,19,20,21). The Kier molecular flexibility index (Phi) is 3.88. The lowest BCUT2D eigenvalue weighted by molar-refractivity contribution is 0.695. The second kappa shape index (κ2) is 5.82. The van der Waals surface area contributed by atoms with Crippen LogP contribution in [0.2, 0.25) is 0 Å². The Labute approximate surface area is 125 Å². The molecule has 1 aliphatic rings. The summed E-state index contributed by atoms with van der Waals surface area (Å²) in [5.41, 5.74) is 7.32. The Balaban J connectivity index is 2.06. The van der Waals surface area contributed by atoms with Crippen LogP contribution in [0.5, 0.6) is 0 Å². The van der Waals surface area contributed by atoms with Crippen molar-refractivity contribution in [3.05, 3.63) is 41.1 Å². The van der Waals surface area contributed by atoms with Crippen LogP contribution in [0.15, 0.2) is 24.3 Å². The van der Waals surface area contributed by atoms with Crippen molar-refractivity contribution in [3.8, 4) is 11.4 Å². The van der Waals surface area contributed by atoms with Gasteiger partial charge in [-0.3, -0.25) is 0 Å². The molecule has 1 saturated carbocycles. The Bertz CT molecular complexity index is 645. The molecule has 0 bridgehead atoms. The normalized spacial score (nSPS) is 15.4. The average molecular weight is 282 g/mol. The molecule has 1 heterocycles. The smallest absolute Gasteiger partial charge is 0.162 e. The Hall–Kier alpha value is -1.94. The zero-order chi connectivity index (χ0) is 14.8. The third-order valence-corrected chi connectivity index (χ3v) is 4.29. The third kappa shape index (κ3) is 2.90. The van der Waals surface area contributed by atoms with Gasteiger partial charge in [-0.1, -0.05) is 36.6 Å². The molecule has 0 amide bonds. The van der Waals surface area contributed by atoms with Gasteiger partial charge >= 0.3 is 0 Å². The minimum Gasteiger partial charge on any atom is -0.308 e. The highest BCUT2D eigenvalue weighted by atomic mass is 15.3. The second-order valence-corrected chi connectivity index (χ2v) is 5.95. The van der Waals surface area contributed by atoms with Gasteiger partial charge < -0.3 is 5.43 Å². The summed E-state index contributed by atoms with van der Waals surface area (Å²) in [6.07, 6.45) is 5.01. The Morgan fingerprint density at radius 3 is 2.52 bits per heavy atom. The highest BCUT2D eigenvalue weighted by molar-refractivity contribution is 5.62. The average Bonchev–Trinajstić information content (AvgIpc) is 3.01. The second-order valence-electron chi connectivity index (χ2n) is 5.95. The first kappa shape index (κ1) is 14.0. The van der Waals surface area contributed by atoms with Crippen LogP contribution in [0.4, 0.5) is 5.82 Å². The minimum atomic E-state index is 0.546. The maximum Gasteiger partial charge on any atom is 0.162 e. The van der Waals surface area contributed by atoms with Crippen molar-refractivity contribution in [2.45, 2.75) is 45.4 Å². The molecule has 21 heavy (non-hydrogen) atoms. The largest absolute Gasteiger partial charge is 0.308 e. The van der Waals surface area contributed by atoms with Crippen LogP contribution in [0.1, 0.15) is 48.4 Å². The summed E-state index contributed by atoms with van der Waals surface area (Å²) in [6, 6.07) is 8.35. The van der Waals surface area contributed by atoms with Crippen LogP contribution in [0, 0.1) is 13.8 Å². The molecule has 0 unspecified atom stereocenters. The summed E-state index contributed by atoms with van der Waals surface area (Å²) in [4.78, 5) is 9.35. The molecule has 4 nitrogen and oxygen atoms in total. The van der Waals surface area contributed by atoms with Gasteiger partial charge in [-0.05, 0) is 32.3 Å². The van der Waals surface area contributed by atoms with Crippen LogP contribution in [-0.4, -0.2) is 9.97 Å². The van der Waals surface area contributed by atoms with Crippen molar-refractivity contribution >= 4 is 5.82 Å². The third-order valence-electron chi connectivity index (χ3n) is 4.29. The molecular weight excluding hydrogens is 260 g/mol. The number of hydrogen-bond donors (Lipinski definition) is 2. The van der Waals surface area contributed by atoms with Crippen molar-refractivity contribution < 1.29 is 0 Å². The number of hydrogen-bond acceptors (Lipinski definition) is 4. The number of aryl methyl sites for hydroxylation is 2. The summed E-state index contributed by atoms with van der Waals surface area (Å²) in [5, 5.41) is 0. The molecule has 2 aromatic rings. The van der Waals surface area contributed by atoms with E-state index in [2.05, 4.69) is 42.5 Å². The molecule has 3 N–H and O–H groups in total. The van der Waals surface area contributed by atoms with Crippen LogP contribution in [0.3, 0.4) is 0 Å². The number of nitrogens with one attached hydrogen (secondary N) is 1. The van der Waals surface area contributed by atoms with E-state index < -0.39 is 0 Å². The zero-order valence-corrected chi connectivity index (χ0v) is 12.7. The highest BCUT2D eigenvalue weighted by Crippen LogP contribution is 2.34. The maximum atomic E-state index is 5.59. The summed E-state index contributed by atoms with van der Waals surface area (Å²) in [7, 11) is 0. The van der Waals surface area contributed by atoms with E-state index in [1.807, 2.05) is 6.07 Å². The fraction of sp³-hybridized carbons (Fsp3) is 0.412. The van der Waals surface area contributed by atoms with Gasteiger partial charge in [0.25, 0.3) is 0 Å². The van der Waals surface area contributed by atoms with E-state index in [0.717, 1.165) is 17.1 Å². The van der Waals surface area contributed by atoms with Crippen LogP contribution in [0.25, 0.3) is 11.4 Å². The number of benzene rings is 1. The molecule has 3 rings (SSSR count). The maximum absolute atomic E-state index is 5.59. The predicted molar refractivity (Wildman–Crippen MR) is 86.0 cm³/mol. The fourth-order valence-corrected chi connectivity index (χ4v) is 3.16. The monoisotopic (exact) mass is 282 g/mol. The molecule has 1 fully saturated rings. The molecule has 0 spiro atoms. The van der Waals surface area contributed by atoms with Gasteiger partial charge in [0, 0.05) is 23.2 Å². The van der Waals surface area contributed by atoms with E-state index in [9.17, 15) is 0 Å². The molecule has 1 aromatic carbocycles. The number of rotatable bonds is 3. The topological polar surface area (TPSA) is 63.8 Å². The first-order valence-electron chi connectivity index (χ1n) is 7.60. The number of nitrogen functional groups attached to an aromatic ring is 1. The lowest BCUT2D eigenvalue weighted by Gasteiger charge is -2.13. The van der Waals surface area contributed by atoms with Crippen LogP contribution in [-0.2, 0) is 0 Å². The molecule has 110 valence electrons. The van der Waals surface area contributed by atoms with E-state index in [0.29, 0.717) is 11.7 Å². The van der Waals surface area contributed by atoms with E-state index in [1.165, 1.54) is 36.8 Å². The molecule has 4 heteroatoms. The lowest BCUT2D eigenvalue weighted by Crippen LogP contribution is -2.11. The van der Waals surface area contributed by atoms with E-state index >= 15 is 0 Å². The van der Waals surface area contributed by atoms with Gasteiger partial charge in [0.05, 0.1) is 0 Å². The SMILES string of the molecule is Cc1ccc(-c2nc(NN)cc(C3CCCC3)n2)c(C)c1. The summed E-state index contributed by atoms with van der Waals surface area (Å²) >= 11 is 0. The predicted octanol–water partition coefficient (Wildman–Crippen LogP) is 3.70. The summed E-state index contributed by atoms with van der Waals surface area (Å²) in [6.45, 7) is 4.20. The molecule has 0 atom stereocenters. The number of hydrazine groups is 1. The zero-order valence-electron chi connectivity index (χ0n) is 12.7.